The standard InChI is InChI=1S/C19H25N3O3/c1-19(2,3)22-14-8-9-20-15(11-14)18(23)21-12-13-6-7-16(24-4)17(10-13)25-5/h6-11H,12H2,1-5H3,(H,20,22)(H,21,23). The molecule has 2 rings (SSSR count). The molecule has 134 valence electrons. The molecule has 0 spiro atoms. The van der Waals surface area contributed by atoms with Gasteiger partial charge in [-0.2, -0.15) is 0 Å². The van der Waals surface area contributed by atoms with E-state index in [4.69, 9.17) is 9.47 Å². The molecule has 0 aliphatic heterocycles. The van der Waals surface area contributed by atoms with Crippen molar-refractivity contribution in [2.24, 2.45) is 0 Å². The van der Waals surface area contributed by atoms with E-state index < -0.39 is 0 Å². The zero-order valence-corrected chi connectivity index (χ0v) is 15.3. The molecule has 2 aromatic rings. The van der Waals surface area contributed by atoms with Crippen molar-refractivity contribution in [2.75, 3.05) is 19.5 Å². The van der Waals surface area contributed by atoms with E-state index in [1.54, 1.807) is 26.5 Å². The normalized spacial score (nSPS) is 10.9. The first-order chi connectivity index (χ1) is 11.8. The number of nitrogens with zero attached hydrogens (tertiary/aromatic N) is 1. The first-order valence-electron chi connectivity index (χ1n) is 8.06. The second kappa shape index (κ2) is 7.88. The van der Waals surface area contributed by atoms with Crippen LogP contribution in [0.1, 0.15) is 36.8 Å². The summed E-state index contributed by atoms with van der Waals surface area (Å²) in [6.07, 6.45) is 1.62. The molecule has 0 aliphatic carbocycles. The Hall–Kier alpha value is -2.76. The molecule has 0 aliphatic rings. The monoisotopic (exact) mass is 343 g/mol. The Morgan fingerprint density at radius 2 is 1.80 bits per heavy atom. The predicted octanol–water partition coefficient (Wildman–Crippen LogP) is 3.24. The van der Waals surface area contributed by atoms with Crippen molar-refractivity contribution in [3.8, 4) is 11.5 Å². The number of amides is 1. The van der Waals surface area contributed by atoms with Gasteiger partial charge in [-0.1, -0.05) is 6.07 Å². The molecule has 0 fully saturated rings. The number of benzene rings is 1. The van der Waals surface area contributed by atoms with Crippen molar-refractivity contribution in [3.05, 3.63) is 47.8 Å². The number of hydrogen-bond donors (Lipinski definition) is 2. The predicted molar refractivity (Wildman–Crippen MR) is 98.3 cm³/mol. The molecule has 1 amide bonds. The Kier molecular flexibility index (Phi) is 5.85. The van der Waals surface area contributed by atoms with E-state index in [2.05, 4.69) is 36.4 Å². The Bertz CT molecular complexity index is 739. The van der Waals surface area contributed by atoms with Crippen LogP contribution >= 0.6 is 0 Å². The zero-order chi connectivity index (χ0) is 18.4. The molecule has 0 unspecified atom stereocenters. The topological polar surface area (TPSA) is 72.5 Å². The number of carbonyl (C=O) groups excluding carboxylic acids is 1. The van der Waals surface area contributed by atoms with E-state index in [1.165, 1.54) is 0 Å². The molecule has 6 heteroatoms. The maximum atomic E-state index is 12.4. The van der Waals surface area contributed by atoms with Gasteiger partial charge in [-0.25, -0.2) is 0 Å². The van der Waals surface area contributed by atoms with Crippen LogP contribution in [0.2, 0.25) is 0 Å². The van der Waals surface area contributed by atoms with Crippen LogP contribution in [-0.4, -0.2) is 30.6 Å². The van der Waals surface area contributed by atoms with Crippen LogP contribution in [0, 0.1) is 0 Å². The molecule has 0 atom stereocenters. The van der Waals surface area contributed by atoms with Gasteiger partial charge in [0, 0.05) is 24.0 Å². The van der Waals surface area contributed by atoms with E-state index >= 15 is 0 Å². The van der Waals surface area contributed by atoms with Crippen LogP contribution in [0.15, 0.2) is 36.5 Å². The average molecular weight is 343 g/mol. The van der Waals surface area contributed by atoms with Crippen molar-refractivity contribution >= 4 is 11.6 Å². The highest BCUT2D eigenvalue weighted by molar-refractivity contribution is 5.93. The van der Waals surface area contributed by atoms with Gasteiger partial charge in [0.15, 0.2) is 11.5 Å². The minimum absolute atomic E-state index is 0.0885. The van der Waals surface area contributed by atoms with Crippen LogP contribution in [0.25, 0.3) is 0 Å². The molecule has 2 N–H and O–H groups in total. The zero-order valence-electron chi connectivity index (χ0n) is 15.3. The Morgan fingerprint density at radius 3 is 2.44 bits per heavy atom. The maximum absolute atomic E-state index is 12.4. The van der Waals surface area contributed by atoms with Crippen LogP contribution in [-0.2, 0) is 6.54 Å². The van der Waals surface area contributed by atoms with Crippen molar-refractivity contribution in [2.45, 2.75) is 32.9 Å². The molecular weight excluding hydrogens is 318 g/mol. The highest BCUT2D eigenvalue weighted by atomic mass is 16.5. The summed E-state index contributed by atoms with van der Waals surface area (Å²) in [7, 11) is 3.17. The van der Waals surface area contributed by atoms with Crippen LogP contribution < -0.4 is 20.1 Å². The largest absolute Gasteiger partial charge is 0.493 e. The van der Waals surface area contributed by atoms with Crippen molar-refractivity contribution < 1.29 is 14.3 Å². The summed E-state index contributed by atoms with van der Waals surface area (Å²) >= 11 is 0. The highest BCUT2D eigenvalue weighted by Crippen LogP contribution is 2.27. The Balaban J connectivity index is 2.04. The third kappa shape index (κ3) is 5.38. The van der Waals surface area contributed by atoms with E-state index in [0.29, 0.717) is 23.7 Å². The summed E-state index contributed by atoms with van der Waals surface area (Å²) in [5.74, 6) is 1.05. The first-order valence-corrected chi connectivity index (χ1v) is 8.06. The van der Waals surface area contributed by atoms with Gasteiger partial charge in [-0.3, -0.25) is 9.78 Å². The third-order valence-electron chi connectivity index (χ3n) is 3.41. The first kappa shape index (κ1) is 18.6. The number of rotatable bonds is 6. The molecule has 25 heavy (non-hydrogen) atoms. The quantitative estimate of drug-likeness (QED) is 0.842. The maximum Gasteiger partial charge on any atom is 0.270 e. The highest BCUT2D eigenvalue weighted by Gasteiger charge is 2.13. The van der Waals surface area contributed by atoms with Gasteiger partial charge in [0.05, 0.1) is 14.2 Å². The lowest BCUT2D eigenvalue weighted by atomic mass is 10.1. The number of methoxy groups -OCH3 is 2. The fourth-order valence-corrected chi connectivity index (χ4v) is 2.33. The van der Waals surface area contributed by atoms with Crippen molar-refractivity contribution in [1.82, 2.24) is 10.3 Å². The molecule has 0 radical (unpaired) electrons. The lowest BCUT2D eigenvalue weighted by molar-refractivity contribution is 0.0946. The van der Waals surface area contributed by atoms with Crippen LogP contribution in [0.3, 0.4) is 0 Å². The van der Waals surface area contributed by atoms with Crippen LogP contribution in [0.4, 0.5) is 5.69 Å². The summed E-state index contributed by atoms with van der Waals surface area (Å²) < 4.78 is 10.5. The van der Waals surface area contributed by atoms with E-state index in [0.717, 1.165) is 11.3 Å². The number of hydrogen-bond acceptors (Lipinski definition) is 5. The molecule has 6 nitrogen and oxygen atoms in total. The number of carbonyl (C=O) groups is 1. The minimum atomic E-state index is -0.229. The van der Waals surface area contributed by atoms with Gasteiger partial charge >= 0.3 is 0 Å². The summed E-state index contributed by atoms with van der Waals surface area (Å²) in [5.41, 5.74) is 2.05. The molecular formula is C19H25N3O3. The van der Waals surface area contributed by atoms with Gasteiger partial charge < -0.3 is 20.1 Å². The van der Waals surface area contributed by atoms with E-state index in [-0.39, 0.29) is 11.4 Å². The second-order valence-electron chi connectivity index (χ2n) is 6.68. The lowest BCUT2D eigenvalue weighted by Crippen LogP contribution is -2.27. The number of anilines is 1. The van der Waals surface area contributed by atoms with Crippen LogP contribution in [0.5, 0.6) is 11.5 Å². The molecule has 0 saturated heterocycles. The Morgan fingerprint density at radius 1 is 1.08 bits per heavy atom. The summed E-state index contributed by atoms with van der Waals surface area (Å²) in [6.45, 7) is 6.55. The lowest BCUT2D eigenvalue weighted by Gasteiger charge is -2.22. The van der Waals surface area contributed by atoms with Gasteiger partial charge in [0.25, 0.3) is 5.91 Å². The van der Waals surface area contributed by atoms with Gasteiger partial charge in [-0.15, -0.1) is 0 Å². The summed E-state index contributed by atoms with van der Waals surface area (Å²) in [4.78, 5) is 16.5. The molecule has 0 saturated carbocycles. The van der Waals surface area contributed by atoms with Crippen molar-refractivity contribution in [1.29, 1.82) is 0 Å². The SMILES string of the molecule is COc1ccc(CNC(=O)c2cc(NC(C)(C)C)ccn2)cc1OC. The van der Waals surface area contributed by atoms with E-state index in [1.807, 2.05) is 24.3 Å². The number of nitrogens with one attached hydrogen (secondary N) is 2. The Labute approximate surface area is 148 Å². The molecule has 1 heterocycles. The number of pyridine rings is 1. The molecule has 1 aromatic carbocycles. The summed E-state index contributed by atoms with van der Waals surface area (Å²) in [5, 5.41) is 6.20. The third-order valence-corrected chi connectivity index (χ3v) is 3.41. The number of ether oxygens (including phenoxy) is 2. The molecule has 0 bridgehead atoms. The van der Waals surface area contributed by atoms with Crippen molar-refractivity contribution in [3.63, 3.8) is 0 Å². The smallest absolute Gasteiger partial charge is 0.270 e. The second-order valence-corrected chi connectivity index (χ2v) is 6.68. The van der Waals surface area contributed by atoms with Gasteiger partial charge in [0.2, 0.25) is 0 Å². The molecule has 1 aromatic heterocycles. The fourth-order valence-electron chi connectivity index (χ4n) is 2.33. The fraction of sp³-hybridized carbons (Fsp3) is 0.368. The van der Waals surface area contributed by atoms with E-state index in [9.17, 15) is 4.79 Å². The van der Waals surface area contributed by atoms with Gasteiger partial charge in [0.1, 0.15) is 5.69 Å². The number of aromatic nitrogens is 1. The average Bonchev–Trinajstić information content (AvgIpc) is 2.58. The summed E-state index contributed by atoms with van der Waals surface area (Å²) in [6, 6.07) is 9.12. The minimum Gasteiger partial charge on any atom is -0.493 e. The van der Waals surface area contributed by atoms with Gasteiger partial charge in [-0.05, 0) is 50.6 Å².